The summed E-state index contributed by atoms with van der Waals surface area (Å²) in [5.41, 5.74) is 5.62. The maximum Gasteiger partial charge on any atom is 0.227 e. The van der Waals surface area contributed by atoms with Gasteiger partial charge in [-0.05, 0) is 32.6 Å². The van der Waals surface area contributed by atoms with Crippen LogP contribution in [0.15, 0.2) is 0 Å². The van der Waals surface area contributed by atoms with Crippen molar-refractivity contribution < 1.29 is 4.79 Å². The summed E-state index contributed by atoms with van der Waals surface area (Å²) in [5.74, 6) is 0.197. The molecule has 0 aromatic heterocycles. The van der Waals surface area contributed by atoms with Gasteiger partial charge in [0.25, 0.3) is 0 Å². The molecule has 3 N–H and O–H groups in total. The zero-order chi connectivity index (χ0) is 14.4. The lowest BCUT2D eigenvalue weighted by Crippen LogP contribution is -2.55. The first-order chi connectivity index (χ1) is 9.02. The fourth-order valence-corrected chi connectivity index (χ4v) is 3.47. The Labute approximate surface area is 118 Å². The fourth-order valence-electron chi connectivity index (χ4n) is 3.47. The molecule has 1 fully saturated rings. The van der Waals surface area contributed by atoms with Gasteiger partial charge in [-0.1, -0.05) is 46.0 Å². The van der Waals surface area contributed by atoms with Crippen LogP contribution in [0.2, 0.25) is 0 Å². The third-order valence-electron chi connectivity index (χ3n) is 4.70. The van der Waals surface area contributed by atoms with Gasteiger partial charge in [-0.25, -0.2) is 0 Å². The van der Waals surface area contributed by atoms with Gasteiger partial charge in [0.15, 0.2) is 0 Å². The SMILES string of the molecule is CCCC(CN)(CCC)C(=O)NC1(C)CCCCC1. The van der Waals surface area contributed by atoms with Crippen LogP contribution in [0.25, 0.3) is 0 Å². The molecule has 1 amide bonds. The van der Waals surface area contributed by atoms with Crippen LogP contribution in [0.3, 0.4) is 0 Å². The van der Waals surface area contributed by atoms with Crippen molar-refractivity contribution in [1.82, 2.24) is 5.32 Å². The van der Waals surface area contributed by atoms with Crippen molar-refractivity contribution in [2.75, 3.05) is 6.54 Å². The molecule has 0 aliphatic heterocycles. The Hall–Kier alpha value is -0.570. The van der Waals surface area contributed by atoms with Crippen molar-refractivity contribution in [2.45, 2.75) is 84.1 Å². The minimum Gasteiger partial charge on any atom is -0.350 e. The summed E-state index contributed by atoms with van der Waals surface area (Å²) in [6.45, 7) is 6.94. The minimum absolute atomic E-state index is 0.00274. The Morgan fingerprint density at radius 2 is 1.68 bits per heavy atom. The Morgan fingerprint density at radius 1 is 1.16 bits per heavy atom. The monoisotopic (exact) mass is 268 g/mol. The van der Waals surface area contributed by atoms with E-state index in [0.717, 1.165) is 38.5 Å². The molecule has 1 aliphatic rings. The number of hydrogen-bond donors (Lipinski definition) is 2. The van der Waals surface area contributed by atoms with Crippen LogP contribution >= 0.6 is 0 Å². The lowest BCUT2D eigenvalue weighted by molar-refractivity contribution is -0.133. The van der Waals surface area contributed by atoms with E-state index in [0.29, 0.717) is 6.54 Å². The number of nitrogens with one attached hydrogen (secondary N) is 1. The van der Waals surface area contributed by atoms with Crippen molar-refractivity contribution in [3.63, 3.8) is 0 Å². The average molecular weight is 268 g/mol. The third-order valence-corrected chi connectivity index (χ3v) is 4.70. The topological polar surface area (TPSA) is 55.1 Å². The Kier molecular flexibility index (Phi) is 6.31. The van der Waals surface area contributed by atoms with E-state index in [1.54, 1.807) is 0 Å². The first kappa shape index (κ1) is 16.5. The minimum atomic E-state index is -0.343. The number of carbonyl (C=O) groups is 1. The normalized spacial score (nSPS) is 19.2. The summed E-state index contributed by atoms with van der Waals surface area (Å²) in [5, 5.41) is 3.34. The Bertz CT molecular complexity index is 276. The van der Waals surface area contributed by atoms with E-state index < -0.39 is 0 Å². The molecule has 0 heterocycles. The molecule has 0 saturated heterocycles. The molecule has 3 nitrogen and oxygen atoms in total. The predicted molar refractivity (Wildman–Crippen MR) is 80.9 cm³/mol. The largest absolute Gasteiger partial charge is 0.350 e. The molecule has 0 atom stereocenters. The number of nitrogens with two attached hydrogens (primary N) is 1. The van der Waals surface area contributed by atoms with E-state index in [9.17, 15) is 4.79 Å². The van der Waals surface area contributed by atoms with Crippen molar-refractivity contribution in [3.8, 4) is 0 Å². The lowest BCUT2D eigenvalue weighted by atomic mass is 9.76. The van der Waals surface area contributed by atoms with Crippen molar-refractivity contribution in [1.29, 1.82) is 0 Å². The van der Waals surface area contributed by atoms with Gasteiger partial charge in [-0.15, -0.1) is 0 Å². The molecule has 1 aliphatic carbocycles. The molecule has 1 rings (SSSR count). The smallest absolute Gasteiger partial charge is 0.227 e. The van der Waals surface area contributed by atoms with Crippen LogP contribution in [0.5, 0.6) is 0 Å². The summed E-state index contributed by atoms with van der Waals surface area (Å²) in [4.78, 5) is 12.8. The van der Waals surface area contributed by atoms with Gasteiger partial charge in [0, 0.05) is 12.1 Å². The second-order valence-electron chi connectivity index (χ2n) is 6.56. The van der Waals surface area contributed by atoms with Crippen molar-refractivity contribution in [3.05, 3.63) is 0 Å². The molecule has 0 spiro atoms. The molecule has 3 heteroatoms. The molecule has 112 valence electrons. The predicted octanol–water partition coefficient (Wildman–Crippen LogP) is 3.37. The van der Waals surface area contributed by atoms with E-state index in [-0.39, 0.29) is 16.9 Å². The highest BCUT2D eigenvalue weighted by Gasteiger charge is 2.39. The first-order valence-electron chi connectivity index (χ1n) is 8.04. The van der Waals surface area contributed by atoms with Gasteiger partial charge in [0.05, 0.1) is 5.41 Å². The maximum absolute atomic E-state index is 12.8. The van der Waals surface area contributed by atoms with Crippen LogP contribution in [-0.4, -0.2) is 18.0 Å². The van der Waals surface area contributed by atoms with Gasteiger partial charge in [-0.3, -0.25) is 4.79 Å². The zero-order valence-electron chi connectivity index (χ0n) is 13.1. The zero-order valence-corrected chi connectivity index (χ0v) is 13.1. The summed E-state index contributed by atoms with van der Waals surface area (Å²) in [6, 6.07) is 0. The van der Waals surface area contributed by atoms with Crippen molar-refractivity contribution >= 4 is 5.91 Å². The summed E-state index contributed by atoms with van der Waals surface area (Å²) in [7, 11) is 0. The van der Waals surface area contributed by atoms with Crippen LogP contribution in [0.4, 0.5) is 0 Å². The number of rotatable bonds is 7. The second kappa shape index (κ2) is 7.28. The summed E-state index contributed by atoms with van der Waals surface area (Å²) in [6.07, 6.45) is 9.82. The first-order valence-corrected chi connectivity index (χ1v) is 8.04. The molecule has 0 aromatic carbocycles. The van der Waals surface area contributed by atoms with Gasteiger partial charge >= 0.3 is 0 Å². The maximum atomic E-state index is 12.8. The highest BCUT2D eigenvalue weighted by atomic mass is 16.2. The second-order valence-corrected chi connectivity index (χ2v) is 6.56. The molecule has 1 saturated carbocycles. The Balaban J connectivity index is 2.75. The van der Waals surface area contributed by atoms with Crippen LogP contribution in [-0.2, 0) is 4.79 Å². The van der Waals surface area contributed by atoms with E-state index >= 15 is 0 Å². The van der Waals surface area contributed by atoms with E-state index in [4.69, 9.17) is 5.73 Å². The van der Waals surface area contributed by atoms with Gasteiger partial charge in [0.1, 0.15) is 0 Å². The highest BCUT2D eigenvalue weighted by molar-refractivity contribution is 5.83. The molecular weight excluding hydrogens is 236 g/mol. The van der Waals surface area contributed by atoms with E-state index in [2.05, 4.69) is 26.1 Å². The van der Waals surface area contributed by atoms with Gasteiger partial charge in [0.2, 0.25) is 5.91 Å². The quantitative estimate of drug-likeness (QED) is 0.744. The standard InChI is InChI=1S/C16H32N2O/c1-4-9-16(13-17,10-5-2)14(19)18-15(3)11-7-6-8-12-15/h4-13,17H2,1-3H3,(H,18,19). The number of carbonyl (C=O) groups excluding carboxylic acids is 1. The molecular formula is C16H32N2O. The van der Waals surface area contributed by atoms with Gasteiger partial charge in [-0.2, -0.15) is 0 Å². The number of amides is 1. The van der Waals surface area contributed by atoms with Gasteiger partial charge < -0.3 is 11.1 Å². The van der Waals surface area contributed by atoms with Crippen LogP contribution in [0, 0.1) is 5.41 Å². The summed E-state index contributed by atoms with van der Waals surface area (Å²) >= 11 is 0. The molecule has 0 bridgehead atoms. The van der Waals surface area contributed by atoms with E-state index in [1.165, 1.54) is 19.3 Å². The third kappa shape index (κ3) is 4.20. The molecule has 0 radical (unpaired) electrons. The van der Waals surface area contributed by atoms with Crippen LogP contribution in [0.1, 0.15) is 78.6 Å². The lowest BCUT2D eigenvalue weighted by Gasteiger charge is -2.39. The Morgan fingerprint density at radius 3 is 2.11 bits per heavy atom. The number of hydrogen-bond acceptors (Lipinski definition) is 2. The molecule has 0 unspecified atom stereocenters. The fraction of sp³-hybridized carbons (Fsp3) is 0.938. The average Bonchev–Trinajstić information content (AvgIpc) is 2.38. The van der Waals surface area contributed by atoms with Crippen molar-refractivity contribution in [2.24, 2.45) is 11.1 Å². The molecule has 19 heavy (non-hydrogen) atoms. The summed E-state index contributed by atoms with van der Waals surface area (Å²) < 4.78 is 0. The van der Waals surface area contributed by atoms with Crippen LogP contribution < -0.4 is 11.1 Å². The highest BCUT2D eigenvalue weighted by Crippen LogP contribution is 2.33. The molecule has 0 aromatic rings. The van der Waals surface area contributed by atoms with E-state index in [1.807, 2.05) is 0 Å².